The molecule has 0 unspecified atom stereocenters. The smallest absolute Gasteiger partial charge is 0.164 e. The zero-order valence-electron chi connectivity index (χ0n) is 40.2. The van der Waals surface area contributed by atoms with E-state index in [4.69, 9.17) is 15.0 Å². The number of aromatic nitrogens is 5. The summed E-state index contributed by atoms with van der Waals surface area (Å²) in [5.74, 6) is 1.94. The molecule has 0 fully saturated rings. The Kier molecular flexibility index (Phi) is 13.5. The van der Waals surface area contributed by atoms with Crippen molar-refractivity contribution in [3.63, 3.8) is 0 Å². The molecule has 5 heteroatoms. The Balaban J connectivity index is 0.000000598. The first-order valence-electron chi connectivity index (χ1n) is 24.1. The first kappa shape index (κ1) is 45.6. The fourth-order valence-corrected chi connectivity index (χ4v) is 9.13. The highest BCUT2D eigenvalue weighted by Crippen LogP contribution is 2.38. The molecule has 12 aromatic rings. The maximum Gasteiger partial charge on any atom is 0.164 e. The van der Waals surface area contributed by atoms with Crippen molar-refractivity contribution in [3.05, 3.63) is 261 Å². The minimum absolute atomic E-state index is 0.637. The first-order chi connectivity index (χ1) is 35.1. The normalized spacial score (nSPS) is 11.3. The summed E-state index contributed by atoms with van der Waals surface area (Å²) >= 11 is 0. The minimum Gasteiger partial charge on any atom is -0.309 e. The average molecular weight is 916 g/mol. The molecule has 5 nitrogen and oxygen atoms in total. The molecule has 0 radical (unpaired) electrons. The first-order valence-corrected chi connectivity index (χ1v) is 24.1. The van der Waals surface area contributed by atoms with Gasteiger partial charge in [-0.1, -0.05) is 189 Å². The average Bonchev–Trinajstić information content (AvgIpc) is 3.96. The van der Waals surface area contributed by atoms with Crippen LogP contribution in [-0.4, -0.2) is 24.1 Å². The lowest BCUT2D eigenvalue weighted by Gasteiger charge is -2.11. The summed E-state index contributed by atoms with van der Waals surface area (Å²) in [5.41, 5.74) is 14.6. The van der Waals surface area contributed by atoms with Crippen LogP contribution < -0.4 is 0 Å². The van der Waals surface area contributed by atoms with Crippen molar-refractivity contribution in [2.45, 2.75) is 20.8 Å². The highest BCUT2D eigenvalue weighted by atomic mass is 15.0. The van der Waals surface area contributed by atoms with Crippen molar-refractivity contribution in [2.75, 3.05) is 0 Å². The standard InChI is InChI=1S/C57H37N5.C5H8.C4H8/c1-4-14-40(15-5-1)55-58-56(41-16-6-2-7-17-41)60-57(59-55)42-28-32-46(33-29-42)62-52-23-13-11-21-48(52)50-37-44(31-35-54(50)62)39-26-24-38(25-27-39)43-30-34-53-49(36-43)47-20-10-12-22-51(47)61(53)45-18-8-3-9-19-45;1-3-5-4-2;1-3-4-2/h1-37H;3-5H,1H2,2H3;3-4H,1-2H3/b;5-4-;4-3-. The fourth-order valence-electron chi connectivity index (χ4n) is 9.13. The number of para-hydroxylation sites is 3. The Bertz CT molecular complexity index is 3760. The molecule has 0 aliphatic rings. The molecule has 0 saturated carbocycles. The van der Waals surface area contributed by atoms with Gasteiger partial charge >= 0.3 is 0 Å². The summed E-state index contributed by atoms with van der Waals surface area (Å²) in [5, 5.41) is 4.93. The number of allylic oxidation sites excluding steroid dienone is 5. The second kappa shape index (κ2) is 21.0. The van der Waals surface area contributed by atoms with E-state index in [0.717, 1.165) is 33.4 Å². The Morgan fingerprint density at radius 2 is 0.648 bits per heavy atom. The van der Waals surface area contributed by atoms with E-state index >= 15 is 0 Å². The van der Waals surface area contributed by atoms with Gasteiger partial charge < -0.3 is 9.13 Å². The number of nitrogens with zero attached hydrogens (tertiary/aromatic N) is 5. The lowest BCUT2D eigenvalue weighted by atomic mass is 9.98. The SMILES string of the molecule is C/C=C\C.C=C/C=C\C.c1ccc(-c2nc(-c3ccccc3)nc(-c3ccc(-n4c5ccccc5c5cc(-c6ccc(-c7ccc8c(c7)c7ccccc7n8-c7ccccc7)cc6)ccc54)cc3)n2)cc1. The summed E-state index contributed by atoms with van der Waals surface area (Å²) in [7, 11) is 0. The lowest BCUT2D eigenvalue weighted by Crippen LogP contribution is -2.00. The van der Waals surface area contributed by atoms with Crippen LogP contribution in [0.25, 0.3) is 111 Å². The van der Waals surface area contributed by atoms with E-state index in [1.54, 1.807) is 6.08 Å². The predicted octanol–water partition coefficient (Wildman–Crippen LogP) is 17.7. The van der Waals surface area contributed by atoms with E-state index in [-0.39, 0.29) is 0 Å². The van der Waals surface area contributed by atoms with E-state index < -0.39 is 0 Å². The quantitative estimate of drug-likeness (QED) is 0.113. The van der Waals surface area contributed by atoms with Crippen LogP contribution in [0.3, 0.4) is 0 Å². The third-order valence-electron chi connectivity index (χ3n) is 12.7. The monoisotopic (exact) mass is 915 g/mol. The van der Waals surface area contributed by atoms with Crippen LogP contribution in [0.2, 0.25) is 0 Å². The third-order valence-corrected chi connectivity index (χ3v) is 12.7. The van der Waals surface area contributed by atoms with E-state index in [2.05, 4.69) is 180 Å². The van der Waals surface area contributed by atoms with E-state index in [0.29, 0.717) is 17.5 Å². The molecule has 0 bridgehead atoms. The zero-order chi connectivity index (χ0) is 48.5. The van der Waals surface area contributed by atoms with Gasteiger partial charge in [0.25, 0.3) is 0 Å². The summed E-state index contributed by atoms with van der Waals surface area (Å²) in [4.78, 5) is 14.8. The number of fused-ring (bicyclic) bond motifs is 6. The lowest BCUT2D eigenvalue weighted by molar-refractivity contribution is 1.07. The maximum absolute atomic E-state index is 4.96. The van der Waals surface area contributed by atoms with Crippen molar-refractivity contribution in [1.29, 1.82) is 0 Å². The maximum atomic E-state index is 4.96. The van der Waals surface area contributed by atoms with Crippen molar-refractivity contribution in [1.82, 2.24) is 24.1 Å². The van der Waals surface area contributed by atoms with Gasteiger partial charge in [-0.25, -0.2) is 15.0 Å². The van der Waals surface area contributed by atoms with Gasteiger partial charge in [-0.15, -0.1) is 0 Å². The van der Waals surface area contributed by atoms with Gasteiger partial charge in [0.2, 0.25) is 0 Å². The molecule has 0 N–H and O–H groups in total. The van der Waals surface area contributed by atoms with E-state index in [1.807, 2.05) is 106 Å². The molecule has 0 aliphatic carbocycles. The number of hydrogen-bond donors (Lipinski definition) is 0. The van der Waals surface area contributed by atoms with E-state index in [1.165, 1.54) is 60.5 Å². The minimum atomic E-state index is 0.637. The van der Waals surface area contributed by atoms with Gasteiger partial charge in [0, 0.05) is 49.6 Å². The highest BCUT2D eigenvalue weighted by molar-refractivity contribution is 6.11. The topological polar surface area (TPSA) is 48.5 Å². The second-order valence-corrected chi connectivity index (χ2v) is 17.1. The second-order valence-electron chi connectivity index (χ2n) is 17.1. The van der Waals surface area contributed by atoms with Gasteiger partial charge in [0.05, 0.1) is 22.1 Å². The molecule has 0 aliphatic heterocycles. The van der Waals surface area contributed by atoms with Crippen molar-refractivity contribution in [3.8, 4) is 67.8 Å². The zero-order valence-corrected chi connectivity index (χ0v) is 40.2. The number of benzene rings is 9. The molecule has 3 heterocycles. The van der Waals surface area contributed by atoms with Gasteiger partial charge in [-0.3, -0.25) is 0 Å². The van der Waals surface area contributed by atoms with Crippen LogP contribution in [-0.2, 0) is 0 Å². The summed E-state index contributed by atoms with van der Waals surface area (Å²) in [6.45, 7) is 9.42. The van der Waals surface area contributed by atoms with Gasteiger partial charge in [-0.2, -0.15) is 0 Å². The molecule has 71 heavy (non-hydrogen) atoms. The van der Waals surface area contributed by atoms with Crippen molar-refractivity contribution >= 4 is 43.6 Å². The Morgan fingerprint density at radius 3 is 1.04 bits per heavy atom. The van der Waals surface area contributed by atoms with Crippen LogP contribution in [0.5, 0.6) is 0 Å². The molecule has 3 aromatic heterocycles. The van der Waals surface area contributed by atoms with Crippen LogP contribution in [0, 0.1) is 0 Å². The predicted molar refractivity (Wildman–Crippen MR) is 301 cm³/mol. The Labute approximate surface area is 415 Å². The van der Waals surface area contributed by atoms with E-state index in [9.17, 15) is 0 Å². The molecule has 0 saturated heterocycles. The molecule has 0 amide bonds. The molecule has 0 spiro atoms. The van der Waals surface area contributed by atoms with Gasteiger partial charge in [-0.05, 0) is 116 Å². The Hall–Kier alpha value is -9.19. The van der Waals surface area contributed by atoms with Crippen LogP contribution >= 0.6 is 0 Å². The number of rotatable bonds is 8. The summed E-state index contributed by atoms with van der Waals surface area (Å²) in [6.07, 6.45) is 9.58. The van der Waals surface area contributed by atoms with Crippen LogP contribution in [0.4, 0.5) is 0 Å². The molecule has 342 valence electrons. The summed E-state index contributed by atoms with van der Waals surface area (Å²) < 4.78 is 4.71. The Morgan fingerprint density at radius 1 is 0.310 bits per heavy atom. The molecule has 0 atom stereocenters. The third kappa shape index (κ3) is 9.37. The highest BCUT2D eigenvalue weighted by Gasteiger charge is 2.17. The summed E-state index contributed by atoms with van der Waals surface area (Å²) in [6, 6.07) is 79.4. The number of hydrogen-bond acceptors (Lipinski definition) is 3. The van der Waals surface area contributed by atoms with Gasteiger partial charge in [0.1, 0.15) is 0 Å². The molecule has 9 aromatic carbocycles. The van der Waals surface area contributed by atoms with Crippen molar-refractivity contribution in [2.24, 2.45) is 0 Å². The van der Waals surface area contributed by atoms with Crippen LogP contribution in [0.15, 0.2) is 261 Å². The fraction of sp³-hybridized carbons (Fsp3) is 0.0455. The van der Waals surface area contributed by atoms with Gasteiger partial charge in [0.15, 0.2) is 17.5 Å². The molecular weight excluding hydrogens is 863 g/mol. The molecule has 12 rings (SSSR count). The largest absolute Gasteiger partial charge is 0.309 e. The molecular formula is C66H53N5. The van der Waals surface area contributed by atoms with Crippen molar-refractivity contribution < 1.29 is 0 Å². The van der Waals surface area contributed by atoms with Crippen LogP contribution in [0.1, 0.15) is 20.8 Å².